The number of carbonyl (C=O) groups excluding carboxylic acids is 2. The number of amides is 1. The first-order valence-electron chi connectivity index (χ1n) is 9.07. The van der Waals surface area contributed by atoms with Crippen molar-refractivity contribution in [1.29, 1.82) is 0 Å². The lowest BCUT2D eigenvalue weighted by molar-refractivity contribution is 0.0602. The molecule has 0 bridgehead atoms. The van der Waals surface area contributed by atoms with E-state index < -0.39 is 11.9 Å². The second kappa shape index (κ2) is 8.50. The lowest BCUT2D eigenvalue weighted by Crippen LogP contribution is -2.16. The zero-order chi connectivity index (χ0) is 22.1. The van der Waals surface area contributed by atoms with Crippen molar-refractivity contribution in [2.75, 3.05) is 12.4 Å². The van der Waals surface area contributed by atoms with Crippen molar-refractivity contribution in [3.8, 4) is 11.3 Å². The molecular weight excluding hydrogens is 427 g/mol. The van der Waals surface area contributed by atoms with Crippen molar-refractivity contribution >= 4 is 41.0 Å². The van der Waals surface area contributed by atoms with Gasteiger partial charge in [0, 0.05) is 11.1 Å². The zero-order valence-corrected chi connectivity index (χ0v) is 18.4. The van der Waals surface area contributed by atoms with Crippen LogP contribution in [0.25, 0.3) is 11.3 Å². The molecule has 156 valence electrons. The summed E-state index contributed by atoms with van der Waals surface area (Å²) in [6.07, 6.45) is 0. The quantitative estimate of drug-likeness (QED) is 0.498. The van der Waals surface area contributed by atoms with Gasteiger partial charge >= 0.3 is 5.97 Å². The number of halogens is 2. The number of nitrogens with one attached hydrogen (secondary N) is 1. The predicted molar refractivity (Wildman–Crippen MR) is 116 cm³/mol. The minimum absolute atomic E-state index is 0.0406. The Balaban J connectivity index is 1.98. The molecule has 30 heavy (non-hydrogen) atoms. The van der Waals surface area contributed by atoms with E-state index in [2.05, 4.69) is 31.2 Å². The van der Waals surface area contributed by atoms with E-state index >= 15 is 0 Å². The summed E-state index contributed by atoms with van der Waals surface area (Å²) < 4.78 is 10.1. The van der Waals surface area contributed by atoms with E-state index in [1.54, 1.807) is 30.3 Å². The van der Waals surface area contributed by atoms with Crippen LogP contribution in [0.15, 0.2) is 47.0 Å². The van der Waals surface area contributed by atoms with Crippen LogP contribution in [0.2, 0.25) is 10.0 Å². The van der Waals surface area contributed by atoms with Gasteiger partial charge in [0.1, 0.15) is 5.69 Å². The molecular formula is C22H20Cl2N2O4. The molecule has 0 aliphatic carbocycles. The molecule has 0 unspecified atom stereocenters. The number of benzene rings is 2. The Hall–Kier alpha value is -2.83. The van der Waals surface area contributed by atoms with Gasteiger partial charge in [-0.15, -0.1) is 0 Å². The van der Waals surface area contributed by atoms with Crippen LogP contribution in [-0.2, 0) is 10.2 Å². The lowest BCUT2D eigenvalue weighted by Gasteiger charge is -2.18. The van der Waals surface area contributed by atoms with Crippen molar-refractivity contribution < 1.29 is 18.8 Å². The predicted octanol–water partition coefficient (Wildman–Crippen LogP) is 5.98. The summed E-state index contributed by atoms with van der Waals surface area (Å²) in [7, 11) is 1.21. The third-order valence-corrected chi connectivity index (χ3v) is 5.15. The van der Waals surface area contributed by atoms with Crippen LogP contribution >= 0.6 is 23.2 Å². The van der Waals surface area contributed by atoms with Crippen LogP contribution in [0.4, 0.5) is 5.88 Å². The fourth-order valence-corrected chi connectivity index (χ4v) is 3.43. The van der Waals surface area contributed by atoms with Crippen molar-refractivity contribution in [2.45, 2.75) is 26.2 Å². The number of hydrogen-bond acceptors (Lipinski definition) is 5. The van der Waals surface area contributed by atoms with Gasteiger partial charge in [0.2, 0.25) is 5.88 Å². The Morgan fingerprint density at radius 2 is 1.63 bits per heavy atom. The van der Waals surface area contributed by atoms with Gasteiger partial charge in [-0.05, 0) is 35.2 Å². The van der Waals surface area contributed by atoms with Gasteiger partial charge in [-0.2, -0.15) is 0 Å². The van der Waals surface area contributed by atoms with Gasteiger partial charge in [-0.3, -0.25) is 10.1 Å². The fraction of sp³-hybridized carbons (Fsp3) is 0.227. The normalized spacial score (nSPS) is 11.3. The highest BCUT2D eigenvalue weighted by atomic mass is 35.5. The number of rotatable bonds is 4. The largest absolute Gasteiger partial charge is 0.465 e. The molecule has 3 rings (SSSR count). The smallest absolute Gasteiger partial charge is 0.345 e. The van der Waals surface area contributed by atoms with Crippen LogP contribution < -0.4 is 5.32 Å². The first-order chi connectivity index (χ1) is 14.1. The summed E-state index contributed by atoms with van der Waals surface area (Å²) in [5.74, 6) is -1.37. The number of hydrogen-bond donors (Lipinski definition) is 1. The van der Waals surface area contributed by atoms with E-state index in [0.29, 0.717) is 11.1 Å². The lowest BCUT2D eigenvalue weighted by atomic mass is 9.87. The van der Waals surface area contributed by atoms with Crippen molar-refractivity contribution in [3.63, 3.8) is 0 Å². The van der Waals surface area contributed by atoms with E-state index in [-0.39, 0.29) is 32.6 Å². The molecule has 0 radical (unpaired) electrons. The monoisotopic (exact) mass is 446 g/mol. The molecule has 1 aromatic heterocycles. The number of ether oxygens (including phenoxy) is 1. The maximum atomic E-state index is 12.7. The number of nitrogens with zero attached hydrogens (tertiary/aromatic N) is 1. The first kappa shape index (κ1) is 21.9. The molecule has 1 heterocycles. The molecule has 0 saturated heterocycles. The average molecular weight is 447 g/mol. The average Bonchev–Trinajstić information content (AvgIpc) is 3.09. The summed E-state index contributed by atoms with van der Waals surface area (Å²) >= 11 is 12.5. The fourth-order valence-electron chi connectivity index (χ4n) is 2.86. The van der Waals surface area contributed by atoms with Crippen LogP contribution in [0.1, 0.15) is 47.1 Å². The number of methoxy groups -OCH3 is 1. The van der Waals surface area contributed by atoms with Gasteiger partial charge in [0.25, 0.3) is 5.91 Å². The number of aromatic nitrogens is 1. The second-order valence-corrected chi connectivity index (χ2v) is 8.42. The molecule has 6 nitrogen and oxygen atoms in total. The second-order valence-electron chi connectivity index (χ2n) is 7.61. The molecule has 0 saturated carbocycles. The van der Waals surface area contributed by atoms with Gasteiger partial charge in [-0.1, -0.05) is 67.3 Å². The maximum absolute atomic E-state index is 12.7. The first-order valence-corrected chi connectivity index (χ1v) is 9.83. The SMILES string of the molecule is COC(=O)c1c(-c2c(Cl)cccc2Cl)noc1NC(=O)c1ccc(C(C)(C)C)cc1. The molecule has 0 fully saturated rings. The maximum Gasteiger partial charge on any atom is 0.345 e. The number of carbonyl (C=O) groups is 2. The van der Waals surface area contributed by atoms with E-state index in [1.807, 2.05) is 12.1 Å². The van der Waals surface area contributed by atoms with E-state index in [0.717, 1.165) is 5.56 Å². The van der Waals surface area contributed by atoms with Crippen LogP contribution in [0, 0.1) is 0 Å². The highest BCUT2D eigenvalue weighted by Crippen LogP contribution is 2.38. The molecule has 2 aromatic carbocycles. The van der Waals surface area contributed by atoms with E-state index in [9.17, 15) is 9.59 Å². The summed E-state index contributed by atoms with van der Waals surface area (Å²) in [6.45, 7) is 6.25. The van der Waals surface area contributed by atoms with Gasteiger partial charge in [0.05, 0.1) is 17.2 Å². The van der Waals surface area contributed by atoms with E-state index in [4.69, 9.17) is 32.5 Å². The molecule has 8 heteroatoms. The minimum Gasteiger partial charge on any atom is -0.465 e. The van der Waals surface area contributed by atoms with Crippen LogP contribution in [-0.4, -0.2) is 24.1 Å². The van der Waals surface area contributed by atoms with Gasteiger partial charge in [-0.25, -0.2) is 4.79 Å². The third-order valence-electron chi connectivity index (χ3n) is 4.52. The highest BCUT2D eigenvalue weighted by molar-refractivity contribution is 6.39. The van der Waals surface area contributed by atoms with Gasteiger partial charge in [0.15, 0.2) is 5.56 Å². The van der Waals surface area contributed by atoms with Crippen LogP contribution in [0.5, 0.6) is 0 Å². The highest BCUT2D eigenvalue weighted by Gasteiger charge is 2.29. The van der Waals surface area contributed by atoms with Crippen LogP contribution in [0.3, 0.4) is 0 Å². The molecule has 0 atom stereocenters. The molecule has 3 aromatic rings. The Morgan fingerprint density at radius 3 is 2.17 bits per heavy atom. The summed E-state index contributed by atoms with van der Waals surface area (Å²) in [4.78, 5) is 25.1. The van der Waals surface area contributed by atoms with Crippen molar-refractivity contribution in [2.24, 2.45) is 0 Å². The zero-order valence-electron chi connectivity index (χ0n) is 16.9. The Bertz CT molecular complexity index is 1080. The number of anilines is 1. The number of esters is 1. The summed E-state index contributed by atoms with van der Waals surface area (Å²) in [6, 6.07) is 12.0. The minimum atomic E-state index is -0.749. The third kappa shape index (κ3) is 4.35. The molecule has 0 spiro atoms. The molecule has 1 N–H and O–H groups in total. The standard InChI is InChI=1S/C22H20Cl2N2O4/c1-22(2,3)13-10-8-12(9-11-13)19(27)25-20-17(21(28)29-4)18(26-30-20)16-14(23)6-5-7-15(16)24/h5-11H,1-4H3,(H,25,27). The topological polar surface area (TPSA) is 81.4 Å². The van der Waals surface area contributed by atoms with E-state index in [1.165, 1.54) is 7.11 Å². The van der Waals surface area contributed by atoms with Gasteiger partial charge < -0.3 is 9.26 Å². The Kier molecular flexibility index (Phi) is 6.19. The molecule has 0 aliphatic heterocycles. The van der Waals surface area contributed by atoms with Crippen molar-refractivity contribution in [1.82, 2.24) is 5.16 Å². The molecule has 0 aliphatic rings. The Labute approximate surface area is 184 Å². The molecule has 1 amide bonds. The summed E-state index contributed by atoms with van der Waals surface area (Å²) in [5.41, 5.74) is 1.75. The Morgan fingerprint density at radius 1 is 1.03 bits per heavy atom. The van der Waals surface area contributed by atoms with Crippen molar-refractivity contribution in [3.05, 3.63) is 69.2 Å². The summed E-state index contributed by atoms with van der Waals surface area (Å²) in [5, 5.41) is 7.03.